The first-order valence-corrected chi connectivity index (χ1v) is 5.83. The summed E-state index contributed by atoms with van der Waals surface area (Å²) >= 11 is 3.30. The number of hydrogen-bond acceptors (Lipinski definition) is 2. The van der Waals surface area contributed by atoms with Gasteiger partial charge in [-0.05, 0) is 33.8 Å². The van der Waals surface area contributed by atoms with Crippen LogP contribution in [0.2, 0.25) is 0 Å². The van der Waals surface area contributed by atoms with E-state index in [4.69, 9.17) is 0 Å². The van der Waals surface area contributed by atoms with Crippen molar-refractivity contribution < 1.29 is 10.2 Å². The number of phenols is 1. The zero-order chi connectivity index (χ0) is 11.3. The second-order valence-corrected chi connectivity index (χ2v) is 5.79. The minimum atomic E-state index is -0.263. The van der Waals surface area contributed by atoms with E-state index in [0.29, 0.717) is 4.47 Å². The zero-order valence-corrected chi connectivity index (χ0v) is 10.5. The van der Waals surface area contributed by atoms with E-state index in [1.54, 1.807) is 6.07 Å². The molecular weight excluding hydrogens is 256 g/mol. The number of hydrogen-bond donors (Lipinski definition) is 2. The van der Waals surface area contributed by atoms with E-state index in [9.17, 15) is 10.2 Å². The summed E-state index contributed by atoms with van der Waals surface area (Å²) in [4.78, 5) is 0. The molecule has 0 spiro atoms. The molecule has 0 heterocycles. The van der Waals surface area contributed by atoms with Gasteiger partial charge >= 0.3 is 0 Å². The lowest BCUT2D eigenvalue weighted by Crippen LogP contribution is -2.19. The number of aromatic hydroxyl groups is 1. The Hall–Kier alpha value is -0.540. The van der Waals surface area contributed by atoms with Crippen molar-refractivity contribution in [3.63, 3.8) is 0 Å². The Morgan fingerprint density at radius 1 is 1.40 bits per heavy atom. The Kier molecular flexibility index (Phi) is 2.36. The van der Waals surface area contributed by atoms with Crippen molar-refractivity contribution in [1.29, 1.82) is 0 Å². The summed E-state index contributed by atoms with van der Waals surface area (Å²) in [6, 6.07) is 5.59. The molecule has 2 N–H and O–H groups in total. The third kappa shape index (κ3) is 1.41. The van der Waals surface area contributed by atoms with E-state index >= 15 is 0 Å². The first kappa shape index (κ1) is 11.0. The highest BCUT2D eigenvalue weighted by Crippen LogP contribution is 2.65. The SMILES string of the molecule is CC1(C)CC1(CO)c1cccc(Br)c1O. The van der Waals surface area contributed by atoms with Gasteiger partial charge in [0.05, 0.1) is 11.1 Å². The van der Waals surface area contributed by atoms with E-state index in [1.807, 2.05) is 12.1 Å². The first-order chi connectivity index (χ1) is 6.94. The van der Waals surface area contributed by atoms with E-state index in [2.05, 4.69) is 29.8 Å². The number of aliphatic hydroxyl groups excluding tert-OH is 1. The lowest BCUT2D eigenvalue weighted by molar-refractivity contribution is 0.228. The van der Waals surface area contributed by atoms with Crippen molar-refractivity contribution in [3.05, 3.63) is 28.2 Å². The number of phenolic OH excluding ortho intramolecular Hbond substituents is 1. The highest BCUT2D eigenvalue weighted by molar-refractivity contribution is 9.10. The van der Waals surface area contributed by atoms with Crippen LogP contribution in [0.25, 0.3) is 0 Å². The molecule has 1 fully saturated rings. The van der Waals surface area contributed by atoms with Gasteiger partial charge < -0.3 is 10.2 Å². The molecule has 0 radical (unpaired) electrons. The van der Waals surface area contributed by atoms with Crippen LogP contribution in [-0.4, -0.2) is 16.8 Å². The number of rotatable bonds is 2. The van der Waals surface area contributed by atoms with Crippen molar-refractivity contribution in [2.75, 3.05) is 6.61 Å². The molecule has 82 valence electrons. The summed E-state index contributed by atoms with van der Waals surface area (Å²) < 4.78 is 0.690. The van der Waals surface area contributed by atoms with Crippen LogP contribution < -0.4 is 0 Å². The fourth-order valence-corrected chi connectivity index (χ4v) is 2.79. The molecule has 0 bridgehead atoms. The standard InChI is InChI=1S/C12H15BrO2/c1-11(2)6-12(11,7-14)8-4-3-5-9(13)10(8)15/h3-5,14-15H,6-7H2,1-2H3. The summed E-state index contributed by atoms with van der Waals surface area (Å²) in [6.45, 7) is 4.32. The lowest BCUT2D eigenvalue weighted by atomic mass is 9.88. The highest BCUT2D eigenvalue weighted by atomic mass is 79.9. The van der Waals surface area contributed by atoms with Crippen molar-refractivity contribution in [2.24, 2.45) is 5.41 Å². The molecule has 1 aliphatic carbocycles. The van der Waals surface area contributed by atoms with Crippen LogP contribution in [0.5, 0.6) is 5.75 Å². The molecule has 2 rings (SSSR count). The summed E-state index contributed by atoms with van der Waals surface area (Å²) in [5.41, 5.74) is 0.658. The first-order valence-electron chi connectivity index (χ1n) is 5.03. The average Bonchev–Trinajstić information content (AvgIpc) is 2.74. The Morgan fingerprint density at radius 3 is 2.47 bits per heavy atom. The van der Waals surface area contributed by atoms with Crippen molar-refractivity contribution in [1.82, 2.24) is 0 Å². The number of aliphatic hydroxyl groups is 1. The third-order valence-electron chi connectivity index (χ3n) is 3.69. The topological polar surface area (TPSA) is 40.5 Å². The fourth-order valence-electron chi connectivity index (χ4n) is 2.43. The van der Waals surface area contributed by atoms with Gasteiger partial charge in [0.15, 0.2) is 0 Å². The monoisotopic (exact) mass is 270 g/mol. The fraction of sp³-hybridized carbons (Fsp3) is 0.500. The van der Waals surface area contributed by atoms with Gasteiger partial charge in [0.25, 0.3) is 0 Å². The Labute approximate surface area is 98.1 Å². The van der Waals surface area contributed by atoms with Gasteiger partial charge in [-0.15, -0.1) is 0 Å². The Bertz CT molecular complexity index is 401. The molecule has 1 atom stereocenters. The maximum Gasteiger partial charge on any atom is 0.133 e. The van der Waals surface area contributed by atoms with Gasteiger partial charge in [-0.2, -0.15) is 0 Å². The number of para-hydroxylation sites is 1. The van der Waals surface area contributed by atoms with Gasteiger partial charge in [0.2, 0.25) is 0 Å². The lowest BCUT2D eigenvalue weighted by Gasteiger charge is -2.20. The van der Waals surface area contributed by atoms with E-state index in [1.165, 1.54) is 0 Å². The van der Waals surface area contributed by atoms with Crippen LogP contribution in [0.4, 0.5) is 0 Å². The maximum atomic E-state index is 9.98. The second kappa shape index (κ2) is 3.22. The van der Waals surface area contributed by atoms with Gasteiger partial charge in [-0.3, -0.25) is 0 Å². The Balaban J connectivity index is 2.51. The molecule has 15 heavy (non-hydrogen) atoms. The van der Waals surface area contributed by atoms with E-state index in [0.717, 1.165) is 12.0 Å². The molecule has 1 aliphatic rings. The quantitative estimate of drug-likeness (QED) is 0.868. The van der Waals surface area contributed by atoms with Gasteiger partial charge in [0.1, 0.15) is 5.75 Å². The zero-order valence-electron chi connectivity index (χ0n) is 8.92. The predicted octanol–water partition coefficient (Wildman–Crippen LogP) is 2.81. The van der Waals surface area contributed by atoms with Crippen LogP contribution in [0, 0.1) is 5.41 Å². The van der Waals surface area contributed by atoms with Crippen LogP contribution in [-0.2, 0) is 5.41 Å². The smallest absolute Gasteiger partial charge is 0.133 e. The minimum Gasteiger partial charge on any atom is -0.506 e. The summed E-state index contributed by atoms with van der Waals surface area (Å²) in [6.07, 6.45) is 0.917. The van der Waals surface area contributed by atoms with Crippen molar-refractivity contribution >= 4 is 15.9 Å². The predicted molar refractivity (Wildman–Crippen MR) is 63.0 cm³/mol. The maximum absolute atomic E-state index is 9.98. The normalized spacial score (nSPS) is 27.7. The highest BCUT2D eigenvalue weighted by Gasteiger charge is 2.62. The van der Waals surface area contributed by atoms with E-state index < -0.39 is 0 Å². The van der Waals surface area contributed by atoms with E-state index in [-0.39, 0.29) is 23.2 Å². The molecule has 1 unspecified atom stereocenters. The summed E-state index contributed by atoms with van der Waals surface area (Å²) in [5, 5.41) is 19.5. The average molecular weight is 271 g/mol. The van der Waals surface area contributed by atoms with Crippen LogP contribution in [0.1, 0.15) is 25.8 Å². The van der Waals surface area contributed by atoms with Crippen LogP contribution >= 0.6 is 15.9 Å². The number of halogens is 1. The van der Waals surface area contributed by atoms with Crippen LogP contribution in [0.15, 0.2) is 22.7 Å². The molecule has 0 amide bonds. The summed E-state index contributed by atoms with van der Waals surface area (Å²) in [7, 11) is 0. The molecule has 3 heteroatoms. The summed E-state index contributed by atoms with van der Waals surface area (Å²) in [5.74, 6) is 0.261. The minimum absolute atomic E-state index is 0.0695. The van der Waals surface area contributed by atoms with Crippen molar-refractivity contribution in [3.8, 4) is 5.75 Å². The van der Waals surface area contributed by atoms with Crippen LogP contribution in [0.3, 0.4) is 0 Å². The molecule has 1 aromatic rings. The van der Waals surface area contributed by atoms with Gasteiger partial charge in [-0.25, -0.2) is 0 Å². The molecule has 1 aromatic carbocycles. The largest absolute Gasteiger partial charge is 0.506 e. The molecule has 0 aromatic heterocycles. The number of benzene rings is 1. The van der Waals surface area contributed by atoms with Gasteiger partial charge in [-0.1, -0.05) is 26.0 Å². The Morgan fingerprint density at radius 2 is 2.00 bits per heavy atom. The molecule has 1 saturated carbocycles. The molecule has 0 aliphatic heterocycles. The molecule has 2 nitrogen and oxygen atoms in total. The van der Waals surface area contributed by atoms with Gasteiger partial charge in [0, 0.05) is 11.0 Å². The molecule has 0 saturated heterocycles. The van der Waals surface area contributed by atoms with Crippen molar-refractivity contribution in [2.45, 2.75) is 25.7 Å². The third-order valence-corrected chi connectivity index (χ3v) is 4.33. The molecular formula is C12H15BrO2. The second-order valence-electron chi connectivity index (χ2n) is 4.94.